The standard InChI is InChI=1S/C12H18BrIN2O/c1-4-12(5-2,6-13)7-16-8-15-9(3)10(14)11(16)17/h8H,4-7H2,1-3H3. The maximum absolute atomic E-state index is 12.1. The van der Waals surface area contributed by atoms with Crippen molar-refractivity contribution in [3.8, 4) is 0 Å². The zero-order chi connectivity index (χ0) is 13.1. The number of halogens is 2. The Balaban J connectivity index is 3.11. The third-order valence-electron chi connectivity index (χ3n) is 3.45. The molecule has 0 radical (unpaired) electrons. The molecule has 96 valence electrons. The fraction of sp³-hybridized carbons (Fsp3) is 0.667. The number of rotatable bonds is 5. The largest absolute Gasteiger partial charge is 0.298 e. The average Bonchev–Trinajstić information content (AvgIpc) is 2.36. The number of nitrogens with zero attached hydrogens (tertiary/aromatic N) is 2. The molecule has 1 aromatic rings. The van der Waals surface area contributed by atoms with Crippen LogP contribution in [-0.4, -0.2) is 14.9 Å². The first-order valence-corrected chi connectivity index (χ1v) is 7.97. The van der Waals surface area contributed by atoms with Crippen molar-refractivity contribution in [2.45, 2.75) is 40.2 Å². The molecule has 0 aliphatic heterocycles. The summed E-state index contributed by atoms with van der Waals surface area (Å²) in [7, 11) is 0. The number of alkyl halides is 1. The van der Waals surface area contributed by atoms with E-state index in [0.29, 0.717) is 0 Å². The summed E-state index contributed by atoms with van der Waals surface area (Å²) in [6.45, 7) is 6.93. The lowest BCUT2D eigenvalue weighted by molar-refractivity contribution is 0.254. The average molecular weight is 413 g/mol. The van der Waals surface area contributed by atoms with Gasteiger partial charge in [0.05, 0.1) is 15.6 Å². The second-order valence-electron chi connectivity index (χ2n) is 4.42. The lowest BCUT2D eigenvalue weighted by Crippen LogP contribution is -2.34. The molecule has 0 fully saturated rings. The summed E-state index contributed by atoms with van der Waals surface area (Å²) in [4.78, 5) is 16.4. The van der Waals surface area contributed by atoms with Crippen LogP contribution in [0.3, 0.4) is 0 Å². The quantitative estimate of drug-likeness (QED) is 0.549. The summed E-state index contributed by atoms with van der Waals surface area (Å²) in [5.74, 6) is 0. The van der Waals surface area contributed by atoms with Crippen molar-refractivity contribution in [3.05, 3.63) is 25.9 Å². The van der Waals surface area contributed by atoms with E-state index in [4.69, 9.17) is 0 Å². The summed E-state index contributed by atoms with van der Waals surface area (Å²) >= 11 is 5.65. The molecule has 0 unspecified atom stereocenters. The Morgan fingerprint density at radius 1 is 1.47 bits per heavy atom. The van der Waals surface area contributed by atoms with Crippen molar-refractivity contribution in [3.63, 3.8) is 0 Å². The Morgan fingerprint density at radius 2 is 2.06 bits per heavy atom. The first-order valence-electron chi connectivity index (χ1n) is 5.77. The van der Waals surface area contributed by atoms with Gasteiger partial charge in [0.15, 0.2) is 0 Å². The Hall–Kier alpha value is 0.0900. The van der Waals surface area contributed by atoms with Gasteiger partial charge in [-0.3, -0.25) is 9.36 Å². The van der Waals surface area contributed by atoms with Gasteiger partial charge in [-0.2, -0.15) is 0 Å². The Labute approximate surface area is 124 Å². The van der Waals surface area contributed by atoms with Gasteiger partial charge in [-0.25, -0.2) is 4.98 Å². The van der Waals surface area contributed by atoms with Crippen molar-refractivity contribution < 1.29 is 0 Å². The second kappa shape index (κ2) is 6.31. The molecule has 17 heavy (non-hydrogen) atoms. The molecule has 0 amide bonds. The fourth-order valence-electron chi connectivity index (χ4n) is 1.73. The monoisotopic (exact) mass is 412 g/mol. The van der Waals surface area contributed by atoms with Crippen LogP contribution < -0.4 is 5.56 Å². The van der Waals surface area contributed by atoms with Crippen LogP contribution in [0.2, 0.25) is 0 Å². The highest BCUT2D eigenvalue weighted by molar-refractivity contribution is 14.1. The lowest BCUT2D eigenvalue weighted by Gasteiger charge is -2.30. The highest BCUT2D eigenvalue weighted by Crippen LogP contribution is 2.30. The molecule has 0 bridgehead atoms. The van der Waals surface area contributed by atoms with E-state index in [0.717, 1.165) is 34.0 Å². The van der Waals surface area contributed by atoms with Gasteiger partial charge in [-0.15, -0.1) is 0 Å². The molecule has 0 N–H and O–H groups in total. The molecule has 0 aromatic carbocycles. The van der Waals surface area contributed by atoms with E-state index in [1.165, 1.54) is 0 Å². The van der Waals surface area contributed by atoms with Gasteiger partial charge in [-0.05, 0) is 47.8 Å². The van der Waals surface area contributed by atoms with Crippen LogP contribution in [0.15, 0.2) is 11.1 Å². The van der Waals surface area contributed by atoms with Crippen molar-refractivity contribution in [2.75, 3.05) is 5.33 Å². The minimum atomic E-state index is 0.0744. The van der Waals surface area contributed by atoms with Gasteiger partial charge in [0.1, 0.15) is 0 Å². The van der Waals surface area contributed by atoms with Gasteiger partial charge in [0, 0.05) is 11.9 Å². The first-order chi connectivity index (χ1) is 7.99. The number of hydrogen-bond acceptors (Lipinski definition) is 2. The zero-order valence-corrected chi connectivity index (χ0v) is 14.2. The van der Waals surface area contributed by atoms with Crippen molar-refractivity contribution in [2.24, 2.45) is 5.41 Å². The van der Waals surface area contributed by atoms with Gasteiger partial charge in [0.25, 0.3) is 5.56 Å². The number of aryl methyl sites for hydroxylation is 1. The Kier molecular flexibility index (Phi) is 5.63. The maximum Gasteiger partial charge on any atom is 0.267 e. The van der Waals surface area contributed by atoms with E-state index in [-0.39, 0.29) is 11.0 Å². The van der Waals surface area contributed by atoms with E-state index >= 15 is 0 Å². The van der Waals surface area contributed by atoms with Crippen LogP contribution in [0.25, 0.3) is 0 Å². The van der Waals surface area contributed by atoms with Crippen LogP contribution in [-0.2, 0) is 6.54 Å². The smallest absolute Gasteiger partial charge is 0.267 e. The van der Waals surface area contributed by atoms with E-state index in [1.54, 1.807) is 10.9 Å². The molecule has 1 rings (SSSR count). The summed E-state index contributed by atoms with van der Waals surface area (Å²) in [5.41, 5.74) is 1.03. The molecule has 0 saturated heterocycles. The van der Waals surface area contributed by atoms with E-state index in [1.807, 2.05) is 6.92 Å². The summed E-state index contributed by atoms with van der Waals surface area (Å²) in [6, 6.07) is 0. The zero-order valence-electron chi connectivity index (χ0n) is 10.5. The molecule has 5 heteroatoms. The normalized spacial score (nSPS) is 11.8. The van der Waals surface area contributed by atoms with Gasteiger partial charge < -0.3 is 0 Å². The first kappa shape index (κ1) is 15.1. The summed E-state index contributed by atoms with van der Waals surface area (Å²) in [6.07, 6.45) is 3.76. The molecule has 0 aliphatic rings. The highest BCUT2D eigenvalue weighted by Gasteiger charge is 2.26. The van der Waals surface area contributed by atoms with Crippen LogP contribution >= 0.6 is 38.5 Å². The topological polar surface area (TPSA) is 34.9 Å². The minimum absolute atomic E-state index is 0.0744. The molecular weight excluding hydrogens is 395 g/mol. The molecule has 1 aromatic heterocycles. The third-order valence-corrected chi connectivity index (χ3v) is 5.88. The van der Waals surface area contributed by atoms with Crippen molar-refractivity contribution >= 4 is 38.5 Å². The van der Waals surface area contributed by atoms with Gasteiger partial charge in [0.2, 0.25) is 0 Å². The Morgan fingerprint density at radius 3 is 2.53 bits per heavy atom. The van der Waals surface area contributed by atoms with E-state index < -0.39 is 0 Å². The molecular formula is C12H18BrIN2O. The molecule has 0 saturated carbocycles. The predicted octanol–water partition coefficient (Wildman–Crippen LogP) is 3.36. The van der Waals surface area contributed by atoms with Crippen LogP contribution in [0.5, 0.6) is 0 Å². The van der Waals surface area contributed by atoms with Crippen LogP contribution in [0, 0.1) is 15.9 Å². The highest BCUT2D eigenvalue weighted by atomic mass is 127. The molecule has 0 aliphatic carbocycles. The van der Waals surface area contributed by atoms with Crippen LogP contribution in [0.4, 0.5) is 0 Å². The van der Waals surface area contributed by atoms with Crippen LogP contribution in [0.1, 0.15) is 32.4 Å². The maximum atomic E-state index is 12.1. The molecule has 0 spiro atoms. The minimum Gasteiger partial charge on any atom is -0.298 e. The summed E-state index contributed by atoms with van der Waals surface area (Å²) < 4.78 is 2.46. The Bertz CT molecular complexity index is 432. The second-order valence-corrected chi connectivity index (χ2v) is 6.06. The van der Waals surface area contributed by atoms with Gasteiger partial charge >= 0.3 is 0 Å². The van der Waals surface area contributed by atoms with E-state index in [2.05, 4.69) is 57.4 Å². The number of hydrogen-bond donors (Lipinski definition) is 0. The number of aromatic nitrogens is 2. The van der Waals surface area contributed by atoms with E-state index in [9.17, 15) is 4.79 Å². The molecule has 1 heterocycles. The fourth-order valence-corrected chi connectivity index (χ4v) is 3.14. The van der Waals surface area contributed by atoms with Gasteiger partial charge in [-0.1, -0.05) is 29.8 Å². The molecule has 3 nitrogen and oxygen atoms in total. The lowest BCUT2D eigenvalue weighted by atomic mass is 9.84. The summed E-state index contributed by atoms with van der Waals surface area (Å²) in [5, 5.41) is 0.907. The SMILES string of the molecule is CCC(CC)(CBr)Cn1cnc(C)c(I)c1=O. The predicted molar refractivity (Wildman–Crippen MR) is 82.8 cm³/mol. The van der Waals surface area contributed by atoms with Crippen molar-refractivity contribution in [1.29, 1.82) is 0 Å². The van der Waals surface area contributed by atoms with Crippen molar-refractivity contribution in [1.82, 2.24) is 9.55 Å². The third kappa shape index (κ3) is 3.30. The molecule has 0 atom stereocenters.